The molecule has 0 aliphatic carbocycles. The maximum Gasteiger partial charge on any atom is 0.0548 e. The molecule has 0 spiro atoms. The van der Waals surface area contributed by atoms with Crippen LogP contribution in [0, 0.1) is 0 Å². The minimum absolute atomic E-state index is 0.175. The SMILES string of the molecule is CN(C)c1cccc(C2(N)CCNC2)c1. The van der Waals surface area contributed by atoms with Gasteiger partial charge in [-0.3, -0.25) is 0 Å². The average molecular weight is 205 g/mol. The van der Waals surface area contributed by atoms with E-state index in [0.717, 1.165) is 19.5 Å². The third-order valence-electron chi connectivity index (χ3n) is 3.13. The summed E-state index contributed by atoms with van der Waals surface area (Å²) in [4.78, 5) is 2.11. The first-order valence-electron chi connectivity index (χ1n) is 5.39. The number of hydrogen-bond acceptors (Lipinski definition) is 3. The molecule has 0 bridgehead atoms. The Bertz CT molecular complexity index is 340. The van der Waals surface area contributed by atoms with Gasteiger partial charge in [0.05, 0.1) is 5.54 Å². The maximum atomic E-state index is 6.37. The van der Waals surface area contributed by atoms with Gasteiger partial charge in [-0.05, 0) is 30.7 Å². The number of nitrogens with two attached hydrogens (primary N) is 1. The molecule has 0 amide bonds. The summed E-state index contributed by atoms with van der Waals surface area (Å²) in [6, 6.07) is 8.50. The normalized spacial score (nSPS) is 25.5. The number of anilines is 1. The van der Waals surface area contributed by atoms with Gasteiger partial charge in [-0.25, -0.2) is 0 Å². The quantitative estimate of drug-likeness (QED) is 0.753. The third-order valence-corrected chi connectivity index (χ3v) is 3.13. The van der Waals surface area contributed by atoms with Crippen molar-refractivity contribution in [3.63, 3.8) is 0 Å². The largest absolute Gasteiger partial charge is 0.378 e. The monoisotopic (exact) mass is 205 g/mol. The van der Waals surface area contributed by atoms with Crippen molar-refractivity contribution in [2.24, 2.45) is 5.73 Å². The van der Waals surface area contributed by atoms with E-state index < -0.39 is 0 Å². The van der Waals surface area contributed by atoms with Crippen LogP contribution >= 0.6 is 0 Å². The lowest BCUT2D eigenvalue weighted by Gasteiger charge is -2.25. The van der Waals surface area contributed by atoms with Crippen LogP contribution in [-0.2, 0) is 5.54 Å². The van der Waals surface area contributed by atoms with Crippen molar-refractivity contribution in [3.05, 3.63) is 29.8 Å². The molecule has 3 nitrogen and oxygen atoms in total. The zero-order chi connectivity index (χ0) is 10.9. The molecule has 1 aromatic carbocycles. The van der Waals surface area contributed by atoms with Crippen LogP contribution in [-0.4, -0.2) is 27.2 Å². The predicted octanol–water partition coefficient (Wildman–Crippen LogP) is 0.900. The van der Waals surface area contributed by atoms with E-state index >= 15 is 0 Å². The summed E-state index contributed by atoms with van der Waals surface area (Å²) >= 11 is 0. The van der Waals surface area contributed by atoms with Gasteiger partial charge in [0, 0.05) is 26.3 Å². The minimum Gasteiger partial charge on any atom is -0.378 e. The Kier molecular flexibility index (Phi) is 2.67. The zero-order valence-corrected chi connectivity index (χ0v) is 9.46. The molecular formula is C12H19N3. The second kappa shape index (κ2) is 3.83. The van der Waals surface area contributed by atoms with Gasteiger partial charge in [-0.2, -0.15) is 0 Å². The third kappa shape index (κ3) is 1.98. The molecule has 2 rings (SSSR count). The lowest BCUT2D eigenvalue weighted by Crippen LogP contribution is -2.38. The highest BCUT2D eigenvalue weighted by molar-refractivity contribution is 5.49. The molecule has 1 fully saturated rings. The lowest BCUT2D eigenvalue weighted by atomic mass is 9.90. The molecule has 15 heavy (non-hydrogen) atoms. The van der Waals surface area contributed by atoms with E-state index in [1.165, 1.54) is 11.3 Å². The fourth-order valence-corrected chi connectivity index (χ4v) is 2.05. The molecule has 0 aromatic heterocycles. The molecule has 1 heterocycles. The summed E-state index contributed by atoms with van der Waals surface area (Å²) < 4.78 is 0. The molecule has 1 aromatic rings. The van der Waals surface area contributed by atoms with E-state index in [0.29, 0.717) is 0 Å². The second-order valence-corrected chi connectivity index (χ2v) is 4.53. The summed E-state index contributed by atoms with van der Waals surface area (Å²) in [7, 11) is 4.10. The molecule has 82 valence electrons. The van der Waals surface area contributed by atoms with Crippen molar-refractivity contribution in [1.29, 1.82) is 0 Å². The smallest absolute Gasteiger partial charge is 0.0548 e. The van der Waals surface area contributed by atoms with Crippen LogP contribution in [0.3, 0.4) is 0 Å². The summed E-state index contributed by atoms with van der Waals surface area (Å²) in [5.74, 6) is 0. The van der Waals surface area contributed by atoms with Crippen LogP contribution in [0.4, 0.5) is 5.69 Å². The number of hydrogen-bond donors (Lipinski definition) is 2. The highest BCUT2D eigenvalue weighted by atomic mass is 15.1. The molecule has 3 N–H and O–H groups in total. The van der Waals surface area contributed by atoms with Crippen molar-refractivity contribution < 1.29 is 0 Å². The first kappa shape index (κ1) is 10.5. The van der Waals surface area contributed by atoms with Gasteiger partial charge in [0.25, 0.3) is 0 Å². The van der Waals surface area contributed by atoms with Crippen molar-refractivity contribution in [2.45, 2.75) is 12.0 Å². The van der Waals surface area contributed by atoms with E-state index in [1.807, 2.05) is 0 Å². The Morgan fingerprint density at radius 2 is 2.20 bits per heavy atom. The lowest BCUT2D eigenvalue weighted by molar-refractivity contribution is 0.494. The van der Waals surface area contributed by atoms with Crippen LogP contribution in [0.25, 0.3) is 0 Å². The van der Waals surface area contributed by atoms with E-state index in [9.17, 15) is 0 Å². The van der Waals surface area contributed by atoms with E-state index in [-0.39, 0.29) is 5.54 Å². The van der Waals surface area contributed by atoms with Gasteiger partial charge in [0.15, 0.2) is 0 Å². The standard InChI is InChI=1S/C12H19N3/c1-15(2)11-5-3-4-10(8-11)12(13)6-7-14-9-12/h3-5,8,14H,6-7,9,13H2,1-2H3. The van der Waals surface area contributed by atoms with Crippen LogP contribution in [0.2, 0.25) is 0 Å². The average Bonchev–Trinajstić information content (AvgIpc) is 2.67. The van der Waals surface area contributed by atoms with Crippen LogP contribution < -0.4 is 16.0 Å². The summed E-state index contributed by atoms with van der Waals surface area (Å²) in [5.41, 5.74) is 8.64. The molecule has 1 unspecified atom stereocenters. The predicted molar refractivity (Wildman–Crippen MR) is 64.1 cm³/mol. The molecule has 1 aliphatic heterocycles. The molecule has 1 aliphatic rings. The van der Waals surface area contributed by atoms with Crippen molar-refractivity contribution in [2.75, 3.05) is 32.1 Å². The zero-order valence-electron chi connectivity index (χ0n) is 9.46. The van der Waals surface area contributed by atoms with Gasteiger partial charge in [0.2, 0.25) is 0 Å². The second-order valence-electron chi connectivity index (χ2n) is 4.53. The summed E-state index contributed by atoms with van der Waals surface area (Å²) in [6.45, 7) is 1.90. The Morgan fingerprint density at radius 3 is 2.80 bits per heavy atom. The molecule has 1 atom stereocenters. The topological polar surface area (TPSA) is 41.3 Å². The first-order chi connectivity index (χ1) is 7.12. The fraction of sp³-hybridized carbons (Fsp3) is 0.500. The molecule has 3 heteroatoms. The van der Waals surface area contributed by atoms with E-state index in [4.69, 9.17) is 5.73 Å². The van der Waals surface area contributed by atoms with Gasteiger partial charge >= 0.3 is 0 Å². The maximum absolute atomic E-state index is 6.37. The Labute approximate surface area is 91.3 Å². The number of nitrogens with one attached hydrogen (secondary N) is 1. The number of nitrogens with zero attached hydrogens (tertiary/aromatic N) is 1. The Balaban J connectivity index is 2.31. The first-order valence-corrected chi connectivity index (χ1v) is 5.39. The molecule has 0 saturated carbocycles. The van der Waals surface area contributed by atoms with Crippen LogP contribution in [0.5, 0.6) is 0 Å². The summed E-state index contributed by atoms with van der Waals surface area (Å²) in [6.07, 6.45) is 1.02. The van der Waals surface area contributed by atoms with Crippen molar-refractivity contribution >= 4 is 5.69 Å². The highest BCUT2D eigenvalue weighted by Gasteiger charge is 2.31. The Hall–Kier alpha value is -1.06. The minimum atomic E-state index is -0.175. The molecular weight excluding hydrogens is 186 g/mol. The van der Waals surface area contributed by atoms with Gasteiger partial charge < -0.3 is 16.0 Å². The molecule has 0 radical (unpaired) electrons. The van der Waals surface area contributed by atoms with E-state index in [2.05, 4.69) is 48.6 Å². The van der Waals surface area contributed by atoms with Gasteiger partial charge in [-0.1, -0.05) is 12.1 Å². The Morgan fingerprint density at radius 1 is 1.40 bits per heavy atom. The van der Waals surface area contributed by atoms with Crippen molar-refractivity contribution in [3.8, 4) is 0 Å². The van der Waals surface area contributed by atoms with Crippen molar-refractivity contribution in [1.82, 2.24) is 5.32 Å². The molecule has 1 saturated heterocycles. The van der Waals surface area contributed by atoms with Gasteiger partial charge in [-0.15, -0.1) is 0 Å². The number of rotatable bonds is 2. The van der Waals surface area contributed by atoms with E-state index in [1.54, 1.807) is 0 Å². The van der Waals surface area contributed by atoms with Crippen LogP contribution in [0.1, 0.15) is 12.0 Å². The van der Waals surface area contributed by atoms with Crippen LogP contribution in [0.15, 0.2) is 24.3 Å². The van der Waals surface area contributed by atoms with Gasteiger partial charge in [0.1, 0.15) is 0 Å². The summed E-state index contributed by atoms with van der Waals surface area (Å²) in [5, 5.41) is 3.32. The number of benzene rings is 1. The highest BCUT2D eigenvalue weighted by Crippen LogP contribution is 2.27. The fourth-order valence-electron chi connectivity index (χ4n) is 2.05.